The number of nitrogens with one attached hydrogen (secondary N) is 1. The van der Waals surface area contributed by atoms with Gasteiger partial charge in [-0.1, -0.05) is 29.8 Å². The molecule has 1 aromatic carbocycles. The average molecular weight is 212 g/mol. The fourth-order valence-electron chi connectivity index (χ4n) is 1.88. The Bertz CT molecular complexity index is 504. The molecule has 16 heavy (non-hydrogen) atoms. The minimum absolute atomic E-state index is 1.08. The Morgan fingerprint density at radius 2 is 1.94 bits per heavy atom. The quantitative estimate of drug-likeness (QED) is 0.825. The van der Waals surface area contributed by atoms with E-state index in [0.29, 0.717) is 0 Å². The molecule has 1 aromatic heterocycles. The summed E-state index contributed by atoms with van der Waals surface area (Å²) in [4.78, 5) is 4.26. The van der Waals surface area contributed by atoms with Crippen molar-refractivity contribution >= 4 is 5.69 Å². The summed E-state index contributed by atoms with van der Waals surface area (Å²) in [5.41, 5.74) is 6.01. The van der Waals surface area contributed by atoms with Crippen LogP contribution in [0.2, 0.25) is 0 Å². The molecule has 0 radical (unpaired) electrons. The highest BCUT2D eigenvalue weighted by atomic mass is 14.8. The average Bonchev–Trinajstić information content (AvgIpc) is 2.29. The molecule has 0 amide bonds. The van der Waals surface area contributed by atoms with Crippen molar-refractivity contribution in [1.82, 2.24) is 4.98 Å². The van der Waals surface area contributed by atoms with E-state index >= 15 is 0 Å². The van der Waals surface area contributed by atoms with Crippen LogP contribution < -0.4 is 5.32 Å². The van der Waals surface area contributed by atoms with Crippen LogP contribution in [0.5, 0.6) is 0 Å². The minimum atomic E-state index is 1.08. The Kier molecular flexibility index (Phi) is 2.91. The van der Waals surface area contributed by atoms with Crippen LogP contribution in [-0.2, 0) is 0 Å². The minimum Gasteiger partial charge on any atom is -0.387 e. The largest absolute Gasteiger partial charge is 0.387 e. The Hall–Kier alpha value is -1.83. The molecule has 0 saturated heterocycles. The molecule has 0 atom stereocenters. The topological polar surface area (TPSA) is 24.9 Å². The molecule has 2 aromatic rings. The first-order valence-electron chi connectivity index (χ1n) is 5.42. The highest BCUT2D eigenvalue weighted by Crippen LogP contribution is 2.27. The smallest absolute Gasteiger partial charge is 0.0560 e. The molecule has 0 aliphatic carbocycles. The van der Waals surface area contributed by atoms with Gasteiger partial charge in [-0.15, -0.1) is 0 Å². The molecule has 0 aliphatic heterocycles. The predicted molar refractivity (Wildman–Crippen MR) is 68.7 cm³/mol. The first-order chi connectivity index (χ1) is 7.72. The molecule has 0 unspecified atom stereocenters. The molecule has 82 valence electrons. The molecule has 2 rings (SSSR count). The summed E-state index contributed by atoms with van der Waals surface area (Å²) in [5.74, 6) is 0. The lowest BCUT2D eigenvalue weighted by atomic mass is 10.0. The van der Waals surface area contributed by atoms with Gasteiger partial charge in [0.05, 0.1) is 11.9 Å². The molecular formula is C14H16N2. The third-order valence-corrected chi connectivity index (χ3v) is 2.81. The fourth-order valence-corrected chi connectivity index (χ4v) is 1.88. The van der Waals surface area contributed by atoms with Crippen molar-refractivity contribution in [2.75, 3.05) is 12.4 Å². The second kappa shape index (κ2) is 4.35. The van der Waals surface area contributed by atoms with Gasteiger partial charge in [0, 0.05) is 18.8 Å². The van der Waals surface area contributed by atoms with Crippen LogP contribution in [0.4, 0.5) is 5.69 Å². The number of hydrogen-bond acceptors (Lipinski definition) is 2. The molecule has 0 fully saturated rings. The molecule has 0 spiro atoms. The number of aryl methyl sites for hydroxylation is 1. The number of benzene rings is 1. The van der Waals surface area contributed by atoms with E-state index in [4.69, 9.17) is 0 Å². The Labute approximate surface area is 96.4 Å². The van der Waals surface area contributed by atoms with Gasteiger partial charge in [-0.25, -0.2) is 0 Å². The van der Waals surface area contributed by atoms with Crippen molar-refractivity contribution in [3.05, 3.63) is 47.8 Å². The second-order valence-electron chi connectivity index (χ2n) is 3.98. The summed E-state index contributed by atoms with van der Waals surface area (Å²) in [6.45, 7) is 4.22. The second-order valence-corrected chi connectivity index (χ2v) is 3.98. The summed E-state index contributed by atoms with van der Waals surface area (Å²) >= 11 is 0. The third-order valence-electron chi connectivity index (χ3n) is 2.81. The van der Waals surface area contributed by atoms with Gasteiger partial charge < -0.3 is 5.32 Å². The molecule has 1 heterocycles. The molecule has 0 bridgehead atoms. The van der Waals surface area contributed by atoms with Crippen LogP contribution in [-0.4, -0.2) is 12.0 Å². The number of rotatable bonds is 2. The Morgan fingerprint density at radius 3 is 2.62 bits per heavy atom. The molecule has 1 N–H and O–H groups in total. The van der Waals surface area contributed by atoms with E-state index in [1.54, 1.807) is 0 Å². The van der Waals surface area contributed by atoms with E-state index < -0.39 is 0 Å². The lowest BCUT2D eigenvalue weighted by Crippen LogP contribution is -1.95. The summed E-state index contributed by atoms with van der Waals surface area (Å²) < 4.78 is 0. The molecule has 2 nitrogen and oxygen atoms in total. The van der Waals surface area contributed by atoms with Crippen LogP contribution in [0.15, 0.2) is 36.7 Å². The molecule has 0 saturated carbocycles. The van der Waals surface area contributed by atoms with Gasteiger partial charge in [-0.2, -0.15) is 0 Å². The van der Waals surface area contributed by atoms with Crippen LogP contribution in [0.1, 0.15) is 11.1 Å². The summed E-state index contributed by atoms with van der Waals surface area (Å²) in [6.07, 6.45) is 3.78. The van der Waals surface area contributed by atoms with Crippen LogP contribution >= 0.6 is 0 Å². The Balaban J connectivity index is 2.56. The van der Waals surface area contributed by atoms with Gasteiger partial charge in [0.15, 0.2) is 0 Å². The van der Waals surface area contributed by atoms with E-state index in [2.05, 4.69) is 48.4 Å². The van der Waals surface area contributed by atoms with Crippen LogP contribution in [0.3, 0.4) is 0 Å². The first-order valence-corrected chi connectivity index (χ1v) is 5.42. The predicted octanol–water partition coefficient (Wildman–Crippen LogP) is 3.41. The Morgan fingerprint density at radius 1 is 1.12 bits per heavy atom. The van der Waals surface area contributed by atoms with Gasteiger partial charge in [0.1, 0.15) is 0 Å². The van der Waals surface area contributed by atoms with Crippen molar-refractivity contribution in [3.8, 4) is 11.1 Å². The summed E-state index contributed by atoms with van der Waals surface area (Å²) in [7, 11) is 1.92. The lowest BCUT2D eigenvalue weighted by Gasteiger charge is -2.10. The fraction of sp³-hybridized carbons (Fsp3) is 0.214. The number of anilines is 1. The zero-order valence-electron chi connectivity index (χ0n) is 9.91. The number of hydrogen-bond donors (Lipinski definition) is 1. The van der Waals surface area contributed by atoms with Crippen molar-refractivity contribution in [2.24, 2.45) is 0 Å². The van der Waals surface area contributed by atoms with E-state index in [1.165, 1.54) is 22.3 Å². The zero-order chi connectivity index (χ0) is 11.5. The van der Waals surface area contributed by atoms with Crippen molar-refractivity contribution in [2.45, 2.75) is 13.8 Å². The van der Waals surface area contributed by atoms with Crippen molar-refractivity contribution in [1.29, 1.82) is 0 Å². The maximum Gasteiger partial charge on any atom is 0.0560 e. The highest BCUT2D eigenvalue weighted by Gasteiger charge is 2.05. The third kappa shape index (κ3) is 1.91. The molecule has 0 aliphatic rings. The van der Waals surface area contributed by atoms with E-state index in [-0.39, 0.29) is 0 Å². The van der Waals surface area contributed by atoms with E-state index in [9.17, 15) is 0 Å². The monoisotopic (exact) mass is 212 g/mol. The molecular weight excluding hydrogens is 196 g/mol. The standard InChI is InChI=1S/C14H16N2/c1-10-5-4-6-12(7-10)13-8-16-9-14(15-3)11(13)2/h4-9,15H,1-3H3. The van der Waals surface area contributed by atoms with Crippen molar-refractivity contribution in [3.63, 3.8) is 0 Å². The van der Waals surface area contributed by atoms with Gasteiger partial charge in [-0.05, 0) is 25.0 Å². The highest BCUT2D eigenvalue weighted by molar-refractivity contribution is 5.72. The van der Waals surface area contributed by atoms with Gasteiger partial charge in [0.2, 0.25) is 0 Å². The number of aromatic nitrogens is 1. The first kappa shape index (κ1) is 10.7. The van der Waals surface area contributed by atoms with E-state index in [1.807, 2.05) is 19.4 Å². The van der Waals surface area contributed by atoms with Crippen LogP contribution in [0.25, 0.3) is 11.1 Å². The maximum atomic E-state index is 4.26. The lowest BCUT2D eigenvalue weighted by molar-refractivity contribution is 1.27. The van der Waals surface area contributed by atoms with Crippen molar-refractivity contribution < 1.29 is 0 Å². The SMILES string of the molecule is CNc1cncc(-c2cccc(C)c2)c1C. The number of nitrogens with zero attached hydrogens (tertiary/aromatic N) is 1. The summed E-state index contributed by atoms with van der Waals surface area (Å²) in [5, 5.41) is 3.16. The normalized spacial score (nSPS) is 10.2. The van der Waals surface area contributed by atoms with Gasteiger partial charge in [-0.3, -0.25) is 4.98 Å². The maximum absolute atomic E-state index is 4.26. The van der Waals surface area contributed by atoms with E-state index in [0.717, 1.165) is 5.69 Å². The zero-order valence-corrected chi connectivity index (χ0v) is 9.91. The summed E-state index contributed by atoms with van der Waals surface area (Å²) in [6, 6.07) is 8.49. The number of pyridine rings is 1. The van der Waals surface area contributed by atoms with Crippen LogP contribution in [0, 0.1) is 13.8 Å². The van der Waals surface area contributed by atoms with Gasteiger partial charge >= 0.3 is 0 Å². The van der Waals surface area contributed by atoms with Gasteiger partial charge in [0.25, 0.3) is 0 Å². The molecule has 2 heteroatoms.